The Balaban J connectivity index is 1.71. The number of aryl methyl sites for hydroxylation is 2. The van der Waals surface area contributed by atoms with E-state index in [9.17, 15) is 4.79 Å². The summed E-state index contributed by atoms with van der Waals surface area (Å²) >= 11 is 0. The molecule has 0 atom stereocenters. The molecule has 1 heterocycles. The van der Waals surface area contributed by atoms with Crippen LogP contribution >= 0.6 is 0 Å². The van der Waals surface area contributed by atoms with Crippen molar-refractivity contribution in [2.45, 2.75) is 20.8 Å². The first kappa shape index (κ1) is 16.6. The average molecular weight is 332 g/mol. The number of carbonyl (C=O) groups excluding carboxylic acids is 1. The van der Waals surface area contributed by atoms with Gasteiger partial charge in [0.1, 0.15) is 0 Å². The number of rotatable bonds is 4. The number of hydrogen-bond acceptors (Lipinski definition) is 4. The van der Waals surface area contributed by atoms with Crippen LogP contribution in [0.3, 0.4) is 0 Å². The normalized spacial score (nSPS) is 10.4. The first-order chi connectivity index (χ1) is 12.0. The lowest BCUT2D eigenvalue weighted by Crippen LogP contribution is -2.14. The molecule has 0 saturated heterocycles. The van der Waals surface area contributed by atoms with Crippen molar-refractivity contribution in [3.05, 3.63) is 77.1 Å². The van der Waals surface area contributed by atoms with Crippen molar-refractivity contribution in [2.75, 3.05) is 10.6 Å². The number of hydrogen-bond donors (Lipinski definition) is 2. The topological polar surface area (TPSA) is 66.9 Å². The van der Waals surface area contributed by atoms with Crippen molar-refractivity contribution < 1.29 is 4.79 Å². The van der Waals surface area contributed by atoms with Crippen molar-refractivity contribution in [3.63, 3.8) is 0 Å². The molecule has 25 heavy (non-hydrogen) atoms. The molecule has 3 rings (SSSR count). The second-order valence-electron chi connectivity index (χ2n) is 5.99. The van der Waals surface area contributed by atoms with Gasteiger partial charge in [-0.05, 0) is 55.7 Å². The van der Waals surface area contributed by atoms with E-state index in [-0.39, 0.29) is 5.91 Å². The Morgan fingerprint density at radius 2 is 1.68 bits per heavy atom. The molecule has 1 aromatic heterocycles. The molecule has 0 aliphatic carbocycles. The standard InChI is InChI=1S/C20H20N4O/c1-13-6-4-8-17(10-13)23-20-21-11-16(12-22-20)19(25)24-18-9-5-7-14(2)15(18)3/h4-12H,1-3H3,(H,24,25)(H,21,22,23). The number of carbonyl (C=O) groups is 1. The first-order valence-corrected chi connectivity index (χ1v) is 8.06. The molecule has 0 aliphatic heterocycles. The number of aromatic nitrogens is 2. The Morgan fingerprint density at radius 3 is 2.40 bits per heavy atom. The summed E-state index contributed by atoms with van der Waals surface area (Å²) in [6.07, 6.45) is 3.04. The zero-order valence-corrected chi connectivity index (χ0v) is 14.5. The minimum absolute atomic E-state index is 0.226. The van der Waals surface area contributed by atoms with Crippen LogP contribution in [0.5, 0.6) is 0 Å². The van der Waals surface area contributed by atoms with Crippen LogP contribution in [0, 0.1) is 20.8 Å². The summed E-state index contributed by atoms with van der Waals surface area (Å²) in [6, 6.07) is 13.7. The summed E-state index contributed by atoms with van der Waals surface area (Å²) in [7, 11) is 0. The lowest BCUT2D eigenvalue weighted by atomic mass is 10.1. The monoisotopic (exact) mass is 332 g/mol. The van der Waals surface area contributed by atoms with Gasteiger partial charge in [0.25, 0.3) is 5.91 Å². The van der Waals surface area contributed by atoms with Crippen LogP contribution < -0.4 is 10.6 Å². The largest absolute Gasteiger partial charge is 0.324 e. The van der Waals surface area contributed by atoms with Gasteiger partial charge >= 0.3 is 0 Å². The van der Waals surface area contributed by atoms with Crippen LogP contribution in [0.1, 0.15) is 27.0 Å². The van der Waals surface area contributed by atoms with Gasteiger partial charge < -0.3 is 10.6 Å². The van der Waals surface area contributed by atoms with Crippen LogP contribution in [0.15, 0.2) is 54.9 Å². The van der Waals surface area contributed by atoms with Crippen LogP contribution in [0.25, 0.3) is 0 Å². The molecule has 1 amide bonds. The Hall–Kier alpha value is -3.21. The molecule has 0 fully saturated rings. The number of amides is 1. The summed E-state index contributed by atoms with van der Waals surface area (Å²) in [5.41, 5.74) is 5.45. The Bertz CT molecular complexity index is 904. The third-order valence-electron chi connectivity index (χ3n) is 4.04. The Morgan fingerprint density at radius 1 is 0.960 bits per heavy atom. The first-order valence-electron chi connectivity index (χ1n) is 8.06. The van der Waals surface area contributed by atoms with Gasteiger partial charge in [-0.1, -0.05) is 24.3 Å². The quantitative estimate of drug-likeness (QED) is 0.743. The highest BCUT2D eigenvalue weighted by molar-refractivity contribution is 6.04. The molecule has 0 aliphatic rings. The van der Waals surface area contributed by atoms with Gasteiger partial charge in [0.15, 0.2) is 0 Å². The van der Waals surface area contributed by atoms with Gasteiger partial charge in [-0.3, -0.25) is 4.79 Å². The lowest BCUT2D eigenvalue weighted by molar-refractivity contribution is 0.102. The molecule has 126 valence electrons. The van der Waals surface area contributed by atoms with E-state index in [1.807, 2.05) is 63.2 Å². The molecule has 0 unspecified atom stereocenters. The summed E-state index contributed by atoms with van der Waals surface area (Å²) in [5.74, 6) is 0.227. The Labute approximate surface area is 147 Å². The summed E-state index contributed by atoms with van der Waals surface area (Å²) in [4.78, 5) is 20.8. The van der Waals surface area contributed by atoms with Crippen molar-refractivity contribution in [1.82, 2.24) is 9.97 Å². The van der Waals surface area contributed by atoms with Crippen molar-refractivity contribution in [2.24, 2.45) is 0 Å². The van der Waals surface area contributed by atoms with Crippen LogP contribution in [-0.4, -0.2) is 15.9 Å². The van der Waals surface area contributed by atoms with Gasteiger partial charge in [0.05, 0.1) is 5.56 Å². The number of nitrogens with zero attached hydrogens (tertiary/aromatic N) is 2. The maximum absolute atomic E-state index is 12.4. The highest BCUT2D eigenvalue weighted by Crippen LogP contribution is 2.19. The fourth-order valence-corrected chi connectivity index (χ4v) is 2.44. The average Bonchev–Trinajstić information content (AvgIpc) is 2.59. The molecule has 0 bridgehead atoms. The molecule has 0 spiro atoms. The van der Waals surface area contributed by atoms with Crippen molar-refractivity contribution >= 4 is 23.2 Å². The fourth-order valence-electron chi connectivity index (χ4n) is 2.44. The smallest absolute Gasteiger partial charge is 0.258 e. The number of nitrogens with one attached hydrogen (secondary N) is 2. The minimum atomic E-state index is -0.226. The fraction of sp³-hybridized carbons (Fsp3) is 0.150. The molecule has 0 radical (unpaired) electrons. The van der Waals surface area contributed by atoms with Crippen LogP contribution in [0.4, 0.5) is 17.3 Å². The van der Waals surface area contributed by atoms with Crippen molar-refractivity contribution in [3.8, 4) is 0 Å². The van der Waals surface area contributed by atoms with Crippen molar-refractivity contribution in [1.29, 1.82) is 0 Å². The predicted octanol–water partition coefficient (Wildman–Crippen LogP) is 4.40. The summed E-state index contributed by atoms with van der Waals surface area (Å²) in [5, 5.41) is 6.03. The van der Waals surface area contributed by atoms with Crippen LogP contribution in [0.2, 0.25) is 0 Å². The van der Waals surface area contributed by atoms with Gasteiger partial charge in [0, 0.05) is 23.8 Å². The number of benzene rings is 2. The second kappa shape index (κ2) is 7.13. The van der Waals surface area contributed by atoms with E-state index in [1.165, 1.54) is 12.4 Å². The molecular weight excluding hydrogens is 312 g/mol. The molecule has 5 heteroatoms. The summed E-state index contributed by atoms with van der Waals surface area (Å²) in [6.45, 7) is 6.02. The molecular formula is C20H20N4O. The van der Waals surface area contributed by atoms with Gasteiger partial charge in [-0.25, -0.2) is 9.97 Å². The van der Waals surface area contributed by atoms with Gasteiger partial charge in [0.2, 0.25) is 5.95 Å². The Kier molecular flexibility index (Phi) is 4.75. The van der Waals surface area contributed by atoms with Gasteiger partial charge in [-0.2, -0.15) is 0 Å². The van der Waals surface area contributed by atoms with E-state index in [0.29, 0.717) is 11.5 Å². The highest BCUT2D eigenvalue weighted by atomic mass is 16.1. The zero-order chi connectivity index (χ0) is 17.8. The number of anilines is 3. The SMILES string of the molecule is Cc1cccc(Nc2ncc(C(=O)Nc3cccc(C)c3C)cn2)c1. The summed E-state index contributed by atoms with van der Waals surface area (Å²) < 4.78 is 0. The minimum Gasteiger partial charge on any atom is -0.324 e. The molecule has 3 aromatic rings. The van der Waals surface area contributed by atoms with Crippen LogP contribution in [-0.2, 0) is 0 Å². The molecule has 2 aromatic carbocycles. The van der Waals surface area contributed by atoms with Gasteiger partial charge in [-0.15, -0.1) is 0 Å². The highest BCUT2D eigenvalue weighted by Gasteiger charge is 2.10. The third kappa shape index (κ3) is 4.01. The second-order valence-corrected chi connectivity index (χ2v) is 5.99. The van der Waals surface area contributed by atoms with E-state index in [0.717, 1.165) is 28.1 Å². The van der Waals surface area contributed by atoms with E-state index in [4.69, 9.17) is 0 Å². The molecule has 5 nitrogen and oxygen atoms in total. The van der Waals surface area contributed by atoms with E-state index in [2.05, 4.69) is 20.6 Å². The molecule has 2 N–H and O–H groups in total. The maximum atomic E-state index is 12.4. The predicted molar refractivity (Wildman–Crippen MR) is 100 cm³/mol. The zero-order valence-electron chi connectivity index (χ0n) is 14.5. The van der Waals surface area contributed by atoms with E-state index < -0.39 is 0 Å². The molecule has 0 saturated carbocycles. The third-order valence-corrected chi connectivity index (χ3v) is 4.04. The maximum Gasteiger partial charge on any atom is 0.258 e. The lowest BCUT2D eigenvalue weighted by Gasteiger charge is -2.10. The van der Waals surface area contributed by atoms with E-state index >= 15 is 0 Å². The van der Waals surface area contributed by atoms with E-state index in [1.54, 1.807) is 0 Å².